The predicted octanol–water partition coefficient (Wildman–Crippen LogP) is -1.76. The molecule has 0 rings (SSSR count). The number of hydrogen-bond acceptors (Lipinski definition) is 6. The second kappa shape index (κ2) is 9.13. The fourth-order valence-corrected chi connectivity index (χ4v) is 1.81. The zero-order valence-electron chi connectivity index (χ0n) is 11.7. The van der Waals surface area contributed by atoms with Crippen molar-refractivity contribution in [2.45, 2.75) is 18.9 Å². The lowest BCUT2D eigenvalue weighted by molar-refractivity contribution is -0.142. The van der Waals surface area contributed by atoms with E-state index in [0.717, 1.165) is 0 Å². The zero-order valence-corrected chi connectivity index (χ0v) is 12.5. The van der Waals surface area contributed by atoms with Gasteiger partial charge in [0, 0.05) is 13.0 Å². The lowest BCUT2D eigenvalue weighted by atomic mass is 10.1. The van der Waals surface area contributed by atoms with Gasteiger partial charge in [-0.1, -0.05) is 0 Å². The van der Waals surface area contributed by atoms with Crippen molar-refractivity contribution in [3.05, 3.63) is 0 Å². The number of ether oxygens (including phenoxy) is 1. The molecule has 0 fully saturated rings. The summed E-state index contributed by atoms with van der Waals surface area (Å²) >= 11 is 0. The van der Waals surface area contributed by atoms with Crippen molar-refractivity contribution in [3.63, 3.8) is 0 Å². The number of aliphatic carboxylic acids is 1. The maximum absolute atomic E-state index is 11.4. The Bertz CT molecular complexity index is 477. The lowest BCUT2D eigenvalue weighted by Gasteiger charge is -2.14. The molecule has 2 amide bonds. The summed E-state index contributed by atoms with van der Waals surface area (Å²) in [6.45, 7) is -0.182. The summed E-state index contributed by atoms with van der Waals surface area (Å²) in [6, 6.07) is -2.11. The largest absolute Gasteiger partial charge is 0.480 e. The zero-order chi connectivity index (χ0) is 16.5. The Morgan fingerprint density at radius 3 is 2.38 bits per heavy atom. The van der Waals surface area contributed by atoms with Crippen molar-refractivity contribution in [3.8, 4) is 0 Å². The van der Waals surface area contributed by atoms with E-state index in [-0.39, 0.29) is 25.1 Å². The van der Waals surface area contributed by atoms with Crippen molar-refractivity contribution in [2.75, 3.05) is 26.5 Å². The van der Waals surface area contributed by atoms with E-state index in [1.165, 1.54) is 14.2 Å². The van der Waals surface area contributed by atoms with Crippen LogP contribution in [0.5, 0.6) is 0 Å². The molecule has 0 heterocycles. The third kappa shape index (κ3) is 8.81. The average Bonchev–Trinajstić information content (AvgIpc) is 2.42. The maximum atomic E-state index is 11.4. The van der Waals surface area contributed by atoms with Crippen LogP contribution in [0.1, 0.15) is 12.8 Å². The van der Waals surface area contributed by atoms with Crippen molar-refractivity contribution in [1.82, 2.24) is 15.4 Å². The third-order valence-electron chi connectivity index (χ3n) is 2.44. The minimum Gasteiger partial charge on any atom is -0.480 e. The highest BCUT2D eigenvalue weighted by Gasteiger charge is 2.21. The lowest BCUT2D eigenvalue weighted by Crippen LogP contribution is -2.47. The molecule has 0 spiro atoms. The number of nitrogens with one attached hydrogen (secondary N) is 3. The first-order chi connectivity index (χ1) is 9.71. The number of carbonyl (C=O) groups is 3. The number of methoxy groups -OCH3 is 1. The van der Waals surface area contributed by atoms with Crippen LogP contribution in [0.3, 0.4) is 0 Å². The van der Waals surface area contributed by atoms with Gasteiger partial charge in [0.05, 0.1) is 12.9 Å². The minimum atomic E-state index is -3.45. The highest BCUT2D eigenvalue weighted by molar-refractivity contribution is 7.89. The number of hydrogen-bond donors (Lipinski definition) is 4. The van der Waals surface area contributed by atoms with Gasteiger partial charge in [0.2, 0.25) is 10.0 Å². The maximum Gasteiger partial charge on any atom is 0.326 e. The van der Waals surface area contributed by atoms with Gasteiger partial charge in [-0.05, 0) is 13.5 Å². The average molecular weight is 325 g/mol. The van der Waals surface area contributed by atoms with Gasteiger partial charge in [-0.2, -0.15) is 0 Å². The summed E-state index contributed by atoms with van der Waals surface area (Å²) in [5.74, 6) is -2.24. The number of urea groups is 1. The summed E-state index contributed by atoms with van der Waals surface area (Å²) in [5, 5.41) is 13.2. The molecule has 21 heavy (non-hydrogen) atoms. The van der Waals surface area contributed by atoms with Crippen molar-refractivity contribution in [2.24, 2.45) is 0 Å². The number of sulfonamides is 1. The molecule has 0 bridgehead atoms. The van der Waals surface area contributed by atoms with Crippen LogP contribution in [0.2, 0.25) is 0 Å². The molecule has 4 N–H and O–H groups in total. The minimum absolute atomic E-state index is 0.135. The molecule has 0 radical (unpaired) electrons. The van der Waals surface area contributed by atoms with Crippen LogP contribution < -0.4 is 15.4 Å². The summed E-state index contributed by atoms with van der Waals surface area (Å²) in [6.07, 6.45) is -0.299. The topological polar surface area (TPSA) is 151 Å². The van der Waals surface area contributed by atoms with Gasteiger partial charge in [-0.3, -0.25) is 4.79 Å². The van der Waals surface area contributed by atoms with E-state index in [0.29, 0.717) is 0 Å². The van der Waals surface area contributed by atoms with E-state index >= 15 is 0 Å². The van der Waals surface area contributed by atoms with Crippen molar-refractivity contribution < 1.29 is 32.6 Å². The molecule has 0 aromatic rings. The van der Waals surface area contributed by atoms with Crippen LogP contribution >= 0.6 is 0 Å². The molecule has 10 nitrogen and oxygen atoms in total. The Labute approximate surface area is 122 Å². The van der Waals surface area contributed by atoms with Gasteiger partial charge >= 0.3 is 18.0 Å². The van der Waals surface area contributed by atoms with E-state index in [1.807, 2.05) is 0 Å². The fourth-order valence-electron chi connectivity index (χ4n) is 1.23. The van der Waals surface area contributed by atoms with Crippen LogP contribution in [0, 0.1) is 0 Å². The van der Waals surface area contributed by atoms with Crippen molar-refractivity contribution >= 4 is 28.0 Å². The van der Waals surface area contributed by atoms with E-state index in [2.05, 4.69) is 20.1 Å². The summed E-state index contributed by atoms with van der Waals surface area (Å²) in [7, 11) is -1.05. The summed E-state index contributed by atoms with van der Waals surface area (Å²) < 4.78 is 28.6. The van der Waals surface area contributed by atoms with Gasteiger partial charge in [-0.25, -0.2) is 22.7 Å². The summed E-state index contributed by atoms with van der Waals surface area (Å²) in [4.78, 5) is 33.3. The molecule has 122 valence electrons. The highest BCUT2D eigenvalue weighted by Crippen LogP contribution is 1.99. The number of carbonyl (C=O) groups excluding carboxylic acids is 2. The van der Waals surface area contributed by atoms with E-state index < -0.39 is 34.0 Å². The van der Waals surface area contributed by atoms with Gasteiger partial charge in [0.15, 0.2) is 0 Å². The van der Waals surface area contributed by atoms with E-state index in [1.54, 1.807) is 0 Å². The molecule has 0 saturated heterocycles. The van der Waals surface area contributed by atoms with Gasteiger partial charge in [0.1, 0.15) is 6.04 Å². The molecule has 0 aliphatic heterocycles. The molecule has 0 aliphatic carbocycles. The van der Waals surface area contributed by atoms with E-state index in [9.17, 15) is 22.8 Å². The standard InChI is InChI=1S/C10H19N3O7S/c1-11-21(18,19)6-5-12-10(17)13-7(9(15)16)3-4-8(14)20-2/h7,11H,3-6H2,1-2H3,(H,15,16)(H2,12,13,17)/t7-/m0/s1. The number of carboxylic acids is 1. The van der Waals surface area contributed by atoms with Crippen LogP contribution in [-0.4, -0.2) is 64.0 Å². The van der Waals surface area contributed by atoms with Crippen LogP contribution in [0.15, 0.2) is 0 Å². The van der Waals surface area contributed by atoms with Crippen LogP contribution in [-0.2, 0) is 24.3 Å². The second-order valence-electron chi connectivity index (χ2n) is 3.93. The summed E-state index contributed by atoms with van der Waals surface area (Å²) in [5.41, 5.74) is 0. The Kier molecular flexibility index (Phi) is 8.31. The number of esters is 1. The Morgan fingerprint density at radius 2 is 1.90 bits per heavy atom. The predicted molar refractivity (Wildman–Crippen MR) is 72.1 cm³/mol. The number of carboxylic acid groups (broad SMARTS) is 1. The molecule has 1 atom stereocenters. The van der Waals surface area contributed by atoms with Crippen LogP contribution in [0.4, 0.5) is 4.79 Å². The monoisotopic (exact) mass is 325 g/mol. The molecule has 0 aliphatic rings. The number of rotatable bonds is 9. The smallest absolute Gasteiger partial charge is 0.326 e. The second-order valence-corrected chi connectivity index (χ2v) is 5.97. The Hall–Kier alpha value is -1.88. The molecular formula is C10H19N3O7S. The molecular weight excluding hydrogens is 306 g/mol. The fraction of sp³-hybridized carbons (Fsp3) is 0.700. The first-order valence-electron chi connectivity index (χ1n) is 5.97. The van der Waals surface area contributed by atoms with Crippen LogP contribution in [0.25, 0.3) is 0 Å². The molecule has 0 aromatic carbocycles. The van der Waals surface area contributed by atoms with Gasteiger partial charge in [0.25, 0.3) is 0 Å². The molecule has 0 saturated carbocycles. The highest BCUT2D eigenvalue weighted by atomic mass is 32.2. The van der Waals surface area contributed by atoms with Crippen molar-refractivity contribution in [1.29, 1.82) is 0 Å². The van der Waals surface area contributed by atoms with E-state index in [4.69, 9.17) is 5.11 Å². The first-order valence-corrected chi connectivity index (χ1v) is 7.62. The Morgan fingerprint density at radius 1 is 1.29 bits per heavy atom. The molecule has 11 heteroatoms. The molecule has 0 aromatic heterocycles. The first kappa shape index (κ1) is 19.1. The number of amides is 2. The van der Waals surface area contributed by atoms with Gasteiger partial charge < -0.3 is 20.5 Å². The SMILES string of the molecule is CNS(=O)(=O)CCNC(=O)N[C@@H](CCC(=O)OC)C(=O)O. The third-order valence-corrected chi connectivity index (χ3v) is 3.80. The quantitative estimate of drug-likeness (QED) is 0.367. The molecule has 0 unspecified atom stereocenters. The Balaban J connectivity index is 4.24. The normalized spacial score (nSPS) is 12.3. The van der Waals surface area contributed by atoms with Gasteiger partial charge in [-0.15, -0.1) is 0 Å².